The molecule has 2 N–H and O–H groups in total. The highest BCUT2D eigenvalue weighted by molar-refractivity contribution is 6.30. The second-order valence-corrected chi connectivity index (χ2v) is 6.01. The number of benzene rings is 2. The van der Waals surface area contributed by atoms with Crippen molar-refractivity contribution in [1.29, 1.82) is 0 Å². The molecule has 21 heavy (non-hydrogen) atoms. The molecule has 0 fully saturated rings. The molecule has 0 spiro atoms. The van der Waals surface area contributed by atoms with Crippen LogP contribution in [-0.4, -0.2) is 12.6 Å². The lowest BCUT2D eigenvalue weighted by Gasteiger charge is -2.25. The number of methoxy groups -OCH3 is 1. The number of hydrogen-bond acceptors (Lipinski definition) is 2. The Morgan fingerprint density at radius 2 is 1.67 bits per heavy atom. The molecule has 0 bridgehead atoms. The Morgan fingerprint density at radius 3 is 2.24 bits per heavy atom. The van der Waals surface area contributed by atoms with E-state index in [-0.39, 0.29) is 5.02 Å². The quantitative estimate of drug-likeness (QED) is 0.906. The van der Waals surface area contributed by atoms with Crippen LogP contribution in [0.3, 0.4) is 0 Å². The van der Waals surface area contributed by atoms with Crippen molar-refractivity contribution in [1.82, 2.24) is 0 Å². The standard InChI is InChI=1S/C17H19ClFNO/c1-17(20,10-12-3-6-14(21-2)7-4-12)11-13-5-8-16(19)15(18)9-13/h3-9H,10-11,20H2,1-2H3. The molecule has 0 aromatic heterocycles. The highest BCUT2D eigenvalue weighted by Crippen LogP contribution is 2.22. The summed E-state index contributed by atoms with van der Waals surface area (Å²) >= 11 is 5.81. The Balaban J connectivity index is 2.07. The summed E-state index contributed by atoms with van der Waals surface area (Å²) in [6, 6.07) is 12.6. The minimum absolute atomic E-state index is 0.132. The van der Waals surface area contributed by atoms with Crippen LogP contribution in [0.5, 0.6) is 5.75 Å². The second-order valence-electron chi connectivity index (χ2n) is 5.60. The summed E-state index contributed by atoms with van der Waals surface area (Å²) in [5, 5.41) is 0.132. The van der Waals surface area contributed by atoms with Gasteiger partial charge >= 0.3 is 0 Å². The highest BCUT2D eigenvalue weighted by Gasteiger charge is 2.20. The minimum atomic E-state index is -0.435. The molecule has 2 rings (SSSR count). The van der Waals surface area contributed by atoms with Crippen molar-refractivity contribution in [3.8, 4) is 5.75 Å². The van der Waals surface area contributed by atoms with Crippen molar-refractivity contribution in [3.05, 3.63) is 64.4 Å². The molecule has 0 radical (unpaired) electrons. The Labute approximate surface area is 129 Å². The fourth-order valence-electron chi connectivity index (χ4n) is 2.39. The molecular weight excluding hydrogens is 289 g/mol. The Morgan fingerprint density at radius 1 is 1.10 bits per heavy atom. The van der Waals surface area contributed by atoms with Crippen molar-refractivity contribution in [2.75, 3.05) is 7.11 Å². The van der Waals surface area contributed by atoms with Crippen LogP contribution >= 0.6 is 11.6 Å². The van der Waals surface area contributed by atoms with E-state index in [1.807, 2.05) is 31.2 Å². The van der Waals surface area contributed by atoms with Gasteiger partial charge in [-0.15, -0.1) is 0 Å². The van der Waals surface area contributed by atoms with Gasteiger partial charge in [0.05, 0.1) is 12.1 Å². The van der Waals surface area contributed by atoms with E-state index >= 15 is 0 Å². The van der Waals surface area contributed by atoms with E-state index in [1.165, 1.54) is 6.07 Å². The van der Waals surface area contributed by atoms with Gasteiger partial charge in [0.2, 0.25) is 0 Å². The largest absolute Gasteiger partial charge is 0.497 e. The van der Waals surface area contributed by atoms with Crippen LogP contribution in [0, 0.1) is 5.82 Å². The van der Waals surface area contributed by atoms with Gasteiger partial charge in [-0.2, -0.15) is 0 Å². The summed E-state index contributed by atoms with van der Waals surface area (Å²) < 4.78 is 18.3. The van der Waals surface area contributed by atoms with Crippen molar-refractivity contribution >= 4 is 11.6 Å². The third kappa shape index (κ3) is 4.45. The van der Waals surface area contributed by atoms with Crippen LogP contribution in [-0.2, 0) is 12.8 Å². The summed E-state index contributed by atoms with van der Waals surface area (Å²) in [6.45, 7) is 1.98. The molecule has 0 aliphatic rings. The first-order valence-electron chi connectivity index (χ1n) is 6.75. The molecule has 0 amide bonds. The van der Waals surface area contributed by atoms with Gasteiger partial charge in [-0.25, -0.2) is 4.39 Å². The third-order valence-corrected chi connectivity index (χ3v) is 3.65. The summed E-state index contributed by atoms with van der Waals surface area (Å²) in [4.78, 5) is 0. The molecule has 112 valence electrons. The van der Waals surface area contributed by atoms with Gasteiger partial charge in [0.15, 0.2) is 0 Å². The molecule has 0 saturated carbocycles. The molecule has 0 heterocycles. The average Bonchev–Trinajstić information content (AvgIpc) is 2.43. The van der Waals surface area contributed by atoms with E-state index in [0.717, 1.165) is 16.9 Å². The molecule has 4 heteroatoms. The van der Waals surface area contributed by atoms with E-state index in [2.05, 4.69) is 0 Å². The lowest BCUT2D eigenvalue weighted by Crippen LogP contribution is -2.40. The van der Waals surface area contributed by atoms with E-state index in [9.17, 15) is 4.39 Å². The molecule has 1 unspecified atom stereocenters. The van der Waals surface area contributed by atoms with Gasteiger partial charge < -0.3 is 10.5 Å². The number of nitrogens with two attached hydrogens (primary N) is 1. The van der Waals surface area contributed by atoms with Gasteiger partial charge in [-0.3, -0.25) is 0 Å². The lowest BCUT2D eigenvalue weighted by molar-refractivity contribution is 0.414. The van der Waals surface area contributed by atoms with Gasteiger partial charge in [-0.1, -0.05) is 29.8 Å². The Hall–Kier alpha value is -1.58. The van der Waals surface area contributed by atoms with Crippen molar-refractivity contribution in [2.24, 2.45) is 5.73 Å². The maximum absolute atomic E-state index is 13.2. The van der Waals surface area contributed by atoms with Crippen LogP contribution in [0.25, 0.3) is 0 Å². The fraction of sp³-hybridized carbons (Fsp3) is 0.294. The van der Waals surface area contributed by atoms with Gasteiger partial charge in [0, 0.05) is 5.54 Å². The third-order valence-electron chi connectivity index (χ3n) is 3.36. The van der Waals surface area contributed by atoms with Gasteiger partial charge in [0.25, 0.3) is 0 Å². The molecule has 2 nitrogen and oxygen atoms in total. The first kappa shape index (κ1) is 15.8. The summed E-state index contributed by atoms with van der Waals surface area (Å²) in [6.07, 6.45) is 1.34. The van der Waals surface area contributed by atoms with E-state index in [0.29, 0.717) is 12.8 Å². The van der Waals surface area contributed by atoms with Crippen LogP contribution in [0.2, 0.25) is 5.02 Å². The molecular formula is C17H19ClFNO. The molecule has 0 aliphatic heterocycles. The number of halogens is 2. The zero-order valence-electron chi connectivity index (χ0n) is 12.2. The zero-order valence-corrected chi connectivity index (χ0v) is 13.0. The molecule has 2 aromatic rings. The summed E-state index contributed by atoms with van der Waals surface area (Å²) in [5.74, 6) is 0.414. The van der Waals surface area contributed by atoms with E-state index in [4.69, 9.17) is 22.1 Å². The maximum atomic E-state index is 13.2. The summed E-state index contributed by atoms with van der Waals surface area (Å²) in [7, 11) is 1.64. The monoisotopic (exact) mass is 307 g/mol. The van der Waals surface area contributed by atoms with Crippen LogP contribution in [0.4, 0.5) is 4.39 Å². The lowest BCUT2D eigenvalue weighted by atomic mass is 9.87. The second kappa shape index (κ2) is 6.46. The van der Waals surface area contributed by atoms with E-state index < -0.39 is 11.4 Å². The predicted molar refractivity (Wildman–Crippen MR) is 84.4 cm³/mol. The highest BCUT2D eigenvalue weighted by atomic mass is 35.5. The topological polar surface area (TPSA) is 35.2 Å². The smallest absolute Gasteiger partial charge is 0.141 e. The van der Waals surface area contributed by atoms with Crippen LogP contribution in [0.1, 0.15) is 18.1 Å². The van der Waals surface area contributed by atoms with Gasteiger partial charge in [0.1, 0.15) is 11.6 Å². The number of rotatable bonds is 5. The first-order valence-corrected chi connectivity index (χ1v) is 7.13. The molecule has 2 aromatic carbocycles. The Bertz CT molecular complexity index is 611. The molecule has 0 aliphatic carbocycles. The predicted octanol–water partition coefficient (Wildman–Crippen LogP) is 3.99. The normalized spacial score (nSPS) is 13.8. The summed E-state index contributed by atoms with van der Waals surface area (Å²) in [5.41, 5.74) is 8.00. The zero-order chi connectivity index (χ0) is 15.5. The average molecular weight is 308 g/mol. The minimum Gasteiger partial charge on any atom is -0.497 e. The molecule has 0 saturated heterocycles. The Kier molecular flexibility index (Phi) is 4.86. The first-order chi connectivity index (χ1) is 9.89. The van der Waals surface area contributed by atoms with Crippen molar-refractivity contribution in [2.45, 2.75) is 25.3 Å². The van der Waals surface area contributed by atoms with Crippen LogP contribution < -0.4 is 10.5 Å². The number of ether oxygens (including phenoxy) is 1. The van der Waals surface area contributed by atoms with Gasteiger partial charge in [-0.05, 0) is 55.2 Å². The number of hydrogen-bond donors (Lipinski definition) is 1. The van der Waals surface area contributed by atoms with Crippen molar-refractivity contribution in [3.63, 3.8) is 0 Å². The molecule has 1 atom stereocenters. The van der Waals surface area contributed by atoms with Crippen LogP contribution in [0.15, 0.2) is 42.5 Å². The van der Waals surface area contributed by atoms with E-state index in [1.54, 1.807) is 19.2 Å². The van der Waals surface area contributed by atoms with Crippen molar-refractivity contribution < 1.29 is 9.13 Å². The maximum Gasteiger partial charge on any atom is 0.141 e. The fourth-order valence-corrected chi connectivity index (χ4v) is 2.59. The SMILES string of the molecule is COc1ccc(CC(C)(N)Cc2ccc(F)c(Cl)c2)cc1.